The summed E-state index contributed by atoms with van der Waals surface area (Å²) in [6.45, 7) is 4.46. The quantitative estimate of drug-likeness (QED) is 0.348. The fourth-order valence-corrected chi connectivity index (χ4v) is 4.74. The lowest BCUT2D eigenvalue weighted by molar-refractivity contribution is -0.133. The van der Waals surface area contributed by atoms with Crippen LogP contribution < -0.4 is 16.4 Å². The highest BCUT2D eigenvalue weighted by molar-refractivity contribution is 6.01. The molecule has 2 saturated heterocycles. The van der Waals surface area contributed by atoms with Crippen molar-refractivity contribution in [1.29, 1.82) is 0 Å². The number of hydrogen-bond donors (Lipinski definition) is 3. The summed E-state index contributed by atoms with van der Waals surface area (Å²) in [7, 11) is 0. The van der Waals surface area contributed by atoms with Crippen LogP contribution in [0, 0.1) is 0 Å². The van der Waals surface area contributed by atoms with Crippen molar-refractivity contribution in [1.82, 2.24) is 10.2 Å². The summed E-state index contributed by atoms with van der Waals surface area (Å²) < 4.78 is 0. The molecule has 0 aliphatic carbocycles. The highest BCUT2D eigenvalue weighted by Crippen LogP contribution is 2.29. The molecule has 4 N–H and O–H groups in total. The van der Waals surface area contributed by atoms with Gasteiger partial charge in [0.25, 0.3) is 0 Å². The van der Waals surface area contributed by atoms with Gasteiger partial charge < -0.3 is 16.0 Å². The zero-order chi connectivity index (χ0) is 21.9. The van der Waals surface area contributed by atoms with E-state index in [0.717, 1.165) is 12.2 Å². The number of rotatable bonds is 12. The molecule has 2 aliphatic heterocycles. The number of nitrogens with zero attached hydrogens (tertiary/aromatic N) is 1. The standard InChI is InChI=1S/C25H40N4O2/c26-16-6-4-2-1-3-5-7-17-29-18-14-21(15-19-29)20-8-10-22(11-9-20)27-23-12-13-24(30)28-25(23)31/h8-11,21,23,27H,1-7,12-19,26H2,(H,28,30,31). The second-order valence-corrected chi connectivity index (χ2v) is 9.15. The van der Waals surface area contributed by atoms with E-state index in [4.69, 9.17) is 5.73 Å². The molecule has 0 radical (unpaired) electrons. The minimum absolute atomic E-state index is 0.178. The van der Waals surface area contributed by atoms with Crippen LogP contribution in [0.3, 0.4) is 0 Å². The van der Waals surface area contributed by atoms with Gasteiger partial charge in [0.1, 0.15) is 6.04 Å². The van der Waals surface area contributed by atoms with Gasteiger partial charge in [0, 0.05) is 12.1 Å². The molecule has 0 aromatic heterocycles. The number of nitrogens with one attached hydrogen (secondary N) is 2. The summed E-state index contributed by atoms with van der Waals surface area (Å²) >= 11 is 0. The topological polar surface area (TPSA) is 87.5 Å². The van der Waals surface area contributed by atoms with Gasteiger partial charge in [-0.2, -0.15) is 0 Å². The molecule has 6 heteroatoms. The molecular weight excluding hydrogens is 388 g/mol. The Morgan fingerprint density at radius 1 is 0.903 bits per heavy atom. The van der Waals surface area contributed by atoms with Crippen LogP contribution in [0.1, 0.15) is 82.1 Å². The number of amides is 2. The second-order valence-electron chi connectivity index (χ2n) is 9.15. The molecule has 1 aromatic carbocycles. The molecule has 1 aromatic rings. The summed E-state index contributed by atoms with van der Waals surface area (Å²) in [5.74, 6) is 0.228. The summed E-state index contributed by atoms with van der Waals surface area (Å²) in [5, 5.41) is 5.66. The van der Waals surface area contributed by atoms with Crippen LogP contribution in [-0.4, -0.2) is 48.9 Å². The Morgan fingerprint density at radius 2 is 1.55 bits per heavy atom. The number of piperidine rings is 2. The first-order valence-electron chi connectivity index (χ1n) is 12.3. The maximum Gasteiger partial charge on any atom is 0.249 e. The number of benzene rings is 1. The average Bonchev–Trinajstić information content (AvgIpc) is 2.78. The first-order valence-corrected chi connectivity index (χ1v) is 12.3. The van der Waals surface area contributed by atoms with Gasteiger partial charge in [-0.3, -0.25) is 14.9 Å². The van der Waals surface area contributed by atoms with E-state index in [9.17, 15) is 9.59 Å². The van der Waals surface area contributed by atoms with Gasteiger partial charge in [0.05, 0.1) is 0 Å². The minimum Gasteiger partial charge on any atom is -0.374 e. The van der Waals surface area contributed by atoms with Gasteiger partial charge in [-0.1, -0.05) is 44.2 Å². The average molecular weight is 429 g/mol. The molecule has 2 aliphatic rings. The number of anilines is 1. The third kappa shape index (κ3) is 7.93. The van der Waals surface area contributed by atoms with Crippen LogP contribution in [0.5, 0.6) is 0 Å². The van der Waals surface area contributed by atoms with E-state index in [2.05, 4.69) is 39.8 Å². The third-order valence-electron chi connectivity index (χ3n) is 6.73. The highest BCUT2D eigenvalue weighted by atomic mass is 16.2. The van der Waals surface area contributed by atoms with Gasteiger partial charge in [-0.05, 0) is 81.9 Å². The Labute approximate surface area is 187 Å². The molecule has 31 heavy (non-hydrogen) atoms. The van der Waals surface area contributed by atoms with Crippen LogP contribution in [-0.2, 0) is 9.59 Å². The molecule has 172 valence electrons. The molecule has 0 bridgehead atoms. The number of hydrogen-bond acceptors (Lipinski definition) is 5. The van der Waals surface area contributed by atoms with Gasteiger partial charge in [-0.25, -0.2) is 0 Å². The molecule has 3 rings (SSSR count). The molecule has 0 saturated carbocycles. The predicted molar refractivity (Wildman–Crippen MR) is 126 cm³/mol. The molecule has 0 spiro atoms. The first kappa shape index (κ1) is 23.7. The van der Waals surface area contributed by atoms with E-state index in [1.807, 2.05) is 0 Å². The Balaban J connectivity index is 1.31. The van der Waals surface area contributed by atoms with E-state index in [1.54, 1.807) is 0 Å². The molecule has 1 atom stereocenters. The van der Waals surface area contributed by atoms with E-state index < -0.39 is 0 Å². The first-order chi connectivity index (χ1) is 15.2. The van der Waals surface area contributed by atoms with Crippen molar-refractivity contribution in [3.63, 3.8) is 0 Å². The van der Waals surface area contributed by atoms with E-state index in [0.29, 0.717) is 18.8 Å². The van der Waals surface area contributed by atoms with Gasteiger partial charge >= 0.3 is 0 Å². The molecule has 1 unspecified atom stereocenters. The van der Waals surface area contributed by atoms with Crippen LogP contribution >= 0.6 is 0 Å². The number of unbranched alkanes of at least 4 members (excludes halogenated alkanes) is 6. The third-order valence-corrected chi connectivity index (χ3v) is 6.73. The summed E-state index contributed by atoms with van der Waals surface area (Å²) in [6.07, 6.45) is 12.6. The highest BCUT2D eigenvalue weighted by Gasteiger charge is 2.26. The Morgan fingerprint density at radius 3 is 2.19 bits per heavy atom. The lowest BCUT2D eigenvalue weighted by atomic mass is 9.89. The maximum absolute atomic E-state index is 11.9. The number of carbonyl (C=O) groups is 2. The van der Waals surface area contributed by atoms with Crippen molar-refractivity contribution >= 4 is 17.5 Å². The van der Waals surface area contributed by atoms with Crippen molar-refractivity contribution in [2.45, 2.75) is 82.6 Å². The largest absolute Gasteiger partial charge is 0.374 e. The summed E-state index contributed by atoms with van der Waals surface area (Å²) in [6, 6.07) is 8.20. The maximum atomic E-state index is 11.9. The van der Waals surface area contributed by atoms with Crippen molar-refractivity contribution in [3.8, 4) is 0 Å². The number of carbonyl (C=O) groups excluding carboxylic acids is 2. The SMILES string of the molecule is NCCCCCCCCCN1CCC(c2ccc(NC3CCC(=O)NC3=O)cc2)CC1. The van der Waals surface area contributed by atoms with Gasteiger partial charge in [0.15, 0.2) is 0 Å². The van der Waals surface area contributed by atoms with Crippen LogP contribution in [0.25, 0.3) is 0 Å². The summed E-state index contributed by atoms with van der Waals surface area (Å²) in [4.78, 5) is 25.8. The smallest absolute Gasteiger partial charge is 0.249 e. The summed E-state index contributed by atoms with van der Waals surface area (Å²) in [5.41, 5.74) is 7.88. The fraction of sp³-hybridized carbons (Fsp3) is 0.680. The molecule has 2 amide bonds. The van der Waals surface area contributed by atoms with E-state index >= 15 is 0 Å². The van der Waals surface area contributed by atoms with Crippen molar-refractivity contribution in [3.05, 3.63) is 29.8 Å². The zero-order valence-corrected chi connectivity index (χ0v) is 18.9. The normalized spacial score (nSPS) is 20.6. The molecule has 2 fully saturated rings. The van der Waals surface area contributed by atoms with E-state index in [-0.39, 0.29) is 17.9 Å². The van der Waals surface area contributed by atoms with Crippen LogP contribution in [0.15, 0.2) is 24.3 Å². The number of imide groups is 1. The van der Waals surface area contributed by atoms with Crippen molar-refractivity contribution < 1.29 is 9.59 Å². The Kier molecular flexibility index (Phi) is 9.82. The number of nitrogens with two attached hydrogens (primary N) is 1. The van der Waals surface area contributed by atoms with Gasteiger partial charge in [-0.15, -0.1) is 0 Å². The van der Waals surface area contributed by atoms with Crippen LogP contribution in [0.4, 0.5) is 5.69 Å². The van der Waals surface area contributed by atoms with Crippen LogP contribution in [0.2, 0.25) is 0 Å². The minimum atomic E-state index is -0.322. The molecule has 6 nitrogen and oxygen atoms in total. The predicted octanol–water partition coefficient (Wildman–Crippen LogP) is 3.77. The number of likely N-dealkylation sites (tertiary alicyclic amines) is 1. The Bertz CT molecular complexity index is 683. The Hall–Kier alpha value is -1.92. The lowest BCUT2D eigenvalue weighted by Crippen LogP contribution is -2.47. The second kappa shape index (κ2) is 12.8. The van der Waals surface area contributed by atoms with Crippen molar-refractivity contribution in [2.75, 3.05) is 31.5 Å². The van der Waals surface area contributed by atoms with Gasteiger partial charge in [0.2, 0.25) is 11.8 Å². The molecule has 2 heterocycles. The molecular formula is C25H40N4O2. The van der Waals surface area contributed by atoms with E-state index in [1.165, 1.54) is 83.0 Å². The lowest BCUT2D eigenvalue weighted by Gasteiger charge is -2.32. The van der Waals surface area contributed by atoms with Crippen molar-refractivity contribution in [2.24, 2.45) is 5.73 Å². The zero-order valence-electron chi connectivity index (χ0n) is 18.9. The fourth-order valence-electron chi connectivity index (χ4n) is 4.74. The monoisotopic (exact) mass is 428 g/mol.